The predicted molar refractivity (Wildman–Crippen MR) is 62.7 cm³/mol. The van der Waals surface area contributed by atoms with Crippen molar-refractivity contribution < 1.29 is 0 Å². The number of aryl methyl sites for hydroxylation is 2. The number of aromatic nitrogens is 6. The van der Waals surface area contributed by atoms with Crippen molar-refractivity contribution in [1.82, 2.24) is 29.6 Å². The van der Waals surface area contributed by atoms with E-state index >= 15 is 0 Å². The van der Waals surface area contributed by atoms with Crippen LogP contribution in [0.2, 0.25) is 5.15 Å². The van der Waals surface area contributed by atoms with Gasteiger partial charge in [0.05, 0.1) is 5.69 Å². The molecule has 17 heavy (non-hydrogen) atoms. The van der Waals surface area contributed by atoms with Crippen molar-refractivity contribution in [2.75, 3.05) is 0 Å². The van der Waals surface area contributed by atoms with E-state index in [4.69, 9.17) is 11.6 Å². The average Bonchev–Trinajstić information content (AvgIpc) is 2.81. The first-order valence-corrected chi connectivity index (χ1v) is 5.42. The van der Waals surface area contributed by atoms with E-state index < -0.39 is 0 Å². The molecule has 3 aromatic heterocycles. The zero-order valence-corrected chi connectivity index (χ0v) is 10.0. The Bertz CT molecular complexity index is 698. The summed E-state index contributed by atoms with van der Waals surface area (Å²) in [4.78, 5) is 0. The Balaban J connectivity index is 2.30. The van der Waals surface area contributed by atoms with Crippen LogP contribution >= 0.6 is 11.6 Å². The molecule has 0 radical (unpaired) electrons. The van der Waals surface area contributed by atoms with Gasteiger partial charge in [0.25, 0.3) is 0 Å². The zero-order valence-electron chi connectivity index (χ0n) is 9.29. The van der Waals surface area contributed by atoms with Gasteiger partial charge in [0.2, 0.25) is 5.82 Å². The largest absolute Gasteiger partial charge is 0.264 e. The van der Waals surface area contributed by atoms with E-state index in [0.717, 1.165) is 11.4 Å². The lowest BCUT2D eigenvalue weighted by Crippen LogP contribution is -2.00. The van der Waals surface area contributed by atoms with E-state index in [-0.39, 0.29) is 0 Å². The standard InChI is InChI=1S/C10H9ClN6/c1-6-5-7(16(2)14-6)10-13-12-9-4-3-8(11)15-17(9)10/h3-5H,1-2H3. The fourth-order valence-electron chi connectivity index (χ4n) is 1.75. The Hall–Kier alpha value is -1.95. The van der Waals surface area contributed by atoms with Crippen LogP contribution in [0.5, 0.6) is 0 Å². The second-order valence-corrected chi connectivity index (χ2v) is 4.13. The second-order valence-electron chi connectivity index (χ2n) is 3.74. The molecule has 0 aromatic carbocycles. The molecule has 0 unspecified atom stereocenters. The number of hydrogen-bond donors (Lipinski definition) is 0. The van der Waals surface area contributed by atoms with Gasteiger partial charge in [0.1, 0.15) is 10.8 Å². The maximum Gasteiger partial charge on any atom is 0.203 e. The van der Waals surface area contributed by atoms with Crippen LogP contribution in [0.1, 0.15) is 5.69 Å². The summed E-state index contributed by atoms with van der Waals surface area (Å²) in [5.74, 6) is 0.630. The lowest BCUT2D eigenvalue weighted by Gasteiger charge is -1.99. The van der Waals surface area contributed by atoms with E-state index in [1.807, 2.05) is 20.0 Å². The number of nitrogens with zero attached hydrogens (tertiary/aromatic N) is 6. The molecule has 0 atom stereocenters. The van der Waals surface area contributed by atoms with Crippen molar-refractivity contribution in [3.63, 3.8) is 0 Å². The van der Waals surface area contributed by atoms with Crippen LogP contribution in [0.4, 0.5) is 0 Å². The molecule has 3 rings (SSSR count). The van der Waals surface area contributed by atoms with E-state index in [9.17, 15) is 0 Å². The molecule has 0 saturated heterocycles. The highest BCUT2D eigenvalue weighted by Gasteiger charge is 2.13. The Kier molecular flexibility index (Phi) is 2.12. The van der Waals surface area contributed by atoms with Crippen LogP contribution in [0, 0.1) is 6.92 Å². The normalized spacial score (nSPS) is 11.2. The molecule has 3 aromatic rings. The molecule has 0 amide bonds. The minimum Gasteiger partial charge on any atom is -0.264 e. The summed E-state index contributed by atoms with van der Waals surface area (Å²) in [6.07, 6.45) is 0. The van der Waals surface area contributed by atoms with Crippen LogP contribution in [0.15, 0.2) is 18.2 Å². The van der Waals surface area contributed by atoms with Crippen LogP contribution in [0.3, 0.4) is 0 Å². The van der Waals surface area contributed by atoms with E-state index in [0.29, 0.717) is 16.6 Å². The molecule has 0 saturated carbocycles. The van der Waals surface area contributed by atoms with Gasteiger partial charge < -0.3 is 0 Å². The summed E-state index contributed by atoms with van der Waals surface area (Å²) in [5.41, 5.74) is 2.43. The Morgan fingerprint density at radius 3 is 2.71 bits per heavy atom. The molecule has 0 aliphatic carbocycles. The highest BCUT2D eigenvalue weighted by molar-refractivity contribution is 6.29. The topological polar surface area (TPSA) is 60.9 Å². The quantitative estimate of drug-likeness (QED) is 0.655. The first kappa shape index (κ1) is 10.2. The van der Waals surface area contributed by atoms with E-state index in [1.54, 1.807) is 21.3 Å². The molecular formula is C10H9ClN6. The van der Waals surface area contributed by atoms with Gasteiger partial charge in [-0.2, -0.15) is 14.7 Å². The molecule has 3 heterocycles. The maximum absolute atomic E-state index is 5.87. The van der Waals surface area contributed by atoms with Crippen molar-refractivity contribution in [2.24, 2.45) is 7.05 Å². The molecule has 86 valence electrons. The third kappa shape index (κ3) is 1.57. The third-order valence-corrected chi connectivity index (χ3v) is 2.66. The highest BCUT2D eigenvalue weighted by Crippen LogP contribution is 2.18. The van der Waals surface area contributed by atoms with Crippen molar-refractivity contribution in [2.45, 2.75) is 6.92 Å². The molecule has 0 aliphatic heterocycles. The minimum absolute atomic E-state index is 0.400. The minimum atomic E-state index is 0.400. The first-order valence-electron chi connectivity index (χ1n) is 5.04. The van der Waals surface area contributed by atoms with Crippen molar-refractivity contribution in [3.05, 3.63) is 29.0 Å². The van der Waals surface area contributed by atoms with Gasteiger partial charge in [-0.3, -0.25) is 4.68 Å². The number of fused-ring (bicyclic) bond motifs is 1. The highest BCUT2D eigenvalue weighted by atomic mass is 35.5. The molecule has 0 N–H and O–H groups in total. The van der Waals surface area contributed by atoms with Gasteiger partial charge in [-0.25, -0.2) is 0 Å². The Morgan fingerprint density at radius 1 is 1.18 bits per heavy atom. The third-order valence-electron chi connectivity index (χ3n) is 2.46. The smallest absolute Gasteiger partial charge is 0.203 e. The zero-order chi connectivity index (χ0) is 12.0. The summed E-state index contributed by atoms with van der Waals surface area (Å²) in [6.45, 7) is 1.92. The number of hydrogen-bond acceptors (Lipinski definition) is 4. The second kappa shape index (κ2) is 3.53. The molecule has 0 bridgehead atoms. The molecule has 0 spiro atoms. The van der Waals surface area contributed by atoms with Gasteiger partial charge in [0.15, 0.2) is 5.65 Å². The fourth-order valence-corrected chi connectivity index (χ4v) is 1.88. The summed E-state index contributed by atoms with van der Waals surface area (Å²) in [7, 11) is 1.86. The van der Waals surface area contributed by atoms with Crippen LogP contribution < -0.4 is 0 Å². The molecule has 0 aliphatic rings. The van der Waals surface area contributed by atoms with E-state index in [1.165, 1.54) is 0 Å². The Morgan fingerprint density at radius 2 is 2.00 bits per heavy atom. The van der Waals surface area contributed by atoms with Gasteiger partial charge in [0, 0.05) is 7.05 Å². The maximum atomic E-state index is 5.87. The summed E-state index contributed by atoms with van der Waals surface area (Å²) in [6, 6.07) is 5.39. The van der Waals surface area contributed by atoms with Crippen molar-refractivity contribution in [1.29, 1.82) is 0 Å². The summed E-state index contributed by atoms with van der Waals surface area (Å²) < 4.78 is 3.35. The summed E-state index contributed by atoms with van der Waals surface area (Å²) >= 11 is 5.87. The molecular weight excluding hydrogens is 240 g/mol. The fraction of sp³-hybridized carbons (Fsp3) is 0.200. The lowest BCUT2D eigenvalue weighted by atomic mass is 10.3. The Labute approximate surface area is 102 Å². The monoisotopic (exact) mass is 248 g/mol. The lowest BCUT2D eigenvalue weighted by molar-refractivity contribution is 0.753. The van der Waals surface area contributed by atoms with Gasteiger partial charge in [-0.05, 0) is 25.1 Å². The molecule has 6 nitrogen and oxygen atoms in total. The van der Waals surface area contributed by atoms with Crippen LogP contribution in [-0.4, -0.2) is 29.6 Å². The predicted octanol–water partition coefficient (Wildman–Crippen LogP) is 1.49. The SMILES string of the molecule is Cc1cc(-c2nnc3ccc(Cl)nn23)n(C)n1. The van der Waals surface area contributed by atoms with Crippen molar-refractivity contribution >= 4 is 17.2 Å². The van der Waals surface area contributed by atoms with Gasteiger partial charge in [-0.15, -0.1) is 10.2 Å². The van der Waals surface area contributed by atoms with Gasteiger partial charge >= 0.3 is 0 Å². The summed E-state index contributed by atoms with van der Waals surface area (Å²) in [5, 5.41) is 17.0. The van der Waals surface area contributed by atoms with Crippen molar-refractivity contribution in [3.8, 4) is 11.5 Å². The molecule has 0 fully saturated rings. The van der Waals surface area contributed by atoms with Crippen LogP contribution in [-0.2, 0) is 7.05 Å². The number of halogens is 1. The number of rotatable bonds is 1. The average molecular weight is 249 g/mol. The first-order chi connectivity index (χ1) is 8.15. The van der Waals surface area contributed by atoms with Gasteiger partial charge in [-0.1, -0.05) is 11.6 Å². The molecule has 7 heteroatoms. The van der Waals surface area contributed by atoms with Crippen LogP contribution in [0.25, 0.3) is 17.2 Å². The van der Waals surface area contributed by atoms with E-state index in [2.05, 4.69) is 20.4 Å².